The lowest BCUT2D eigenvalue weighted by Gasteiger charge is -2.31. The first-order chi connectivity index (χ1) is 16.6. The molecule has 0 saturated carbocycles. The predicted molar refractivity (Wildman–Crippen MR) is 129 cm³/mol. The maximum atomic E-state index is 13.7. The Morgan fingerprint density at radius 3 is 2.35 bits per heavy atom. The highest BCUT2D eigenvalue weighted by atomic mass is 32.2. The van der Waals surface area contributed by atoms with Crippen molar-refractivity contribution < 1.29 is 8.81 Å². The molecule has 1 fully saturated rings. The molecule has 0 unspecified atom stereocenters. The van der Waals surface area contributed by atoms with E-state index >= 15 is 0 Å². The fraction of sp³-hybridized carbons (Fsp3) is 0.360. The molecule has 4 aromatic rings. The van der Waals surface area contributed by atoms with Gasteiger partial charge in [0.05, 0.1) is 11.3 Å². The van der Waals surface area contributed by atoms with Crippen LogP contribution in [0.25, 0.3) is 17.1 Å². The third-order valence-electron chi connectivity index (χ3n) is 6.15. The Morgan fingerprint density at radius 2 is 1.62 bits per heavy atom. The lowest BCUT2D eigenvalue weighted by atomic mass is 10.1. The Labute approximate surface area is 202 Å². The van der Waals surface area contributed by atoms with E-state index in [1.807, 2.05) is 41.8 Å². The number of hydrogen-bond acceptors (Lipinski definition) is 7. The van der Waals surface area contributed by atoms with Crippen LogP contribution in [-0.2, 0) is 0 Å². The van der Waals surface area contributed by atoms with E-state index in [1.165, 1.54) is 43.2 Å². The lowest BCUT2D eigenvalue weighted by Crippen LogP contribution is -2.33. The summed E-state index contributed by atoms with van der Waals surface area (Å²) in [7, 11) is 0. The molecule has 1 aliphatic heterocycles. The van der Waals surface area contributed by atoms with Crippen molar-refractivity contribution in [3.8, 4) is 17.1 Å². The highest BCUT2D eigenvalue weighted by Gasteiger charge is 2.27. The van der Waals surface area contributed by atoms with E-state index in [4.69, 9.17) is 4.42 Å². The van der Waals surface area contributed by atoms with Crippen LogP contribution in [0.15, 0.2) is 64.2 Å². The average Bonchev–Trinajstić information content (AvgIpc) is 3.53. The van der Waals surface area contributed by atoms with Crippen molar-refractivity contribution in [2.75, 3.05) is 13.1 Å². The van der Waals surface area contributed by atoms with Gasteiger partial charge in [-0.25, -0.2) is 4.39 Å². The van der Waals surface area contributed by atoms with Gasteiger partial charge in [0, 0.05) is 11.3 Å². The van der Waals surface area contributed by atoms with Gasteiger partial charge in [-0.2, -0.15) is 0 Å². The van der Waals surface area contributed by atoms with Crippen molar-refractivity contribution in [3.05, 3.63) is 72.1 Å². The second-order valence-corrected chi connectivity index (χ2v) is 9.80. The number of rotatable bonds is 7. The van der Waals surface area contributed by atoms with Gasteiger partial charge in [-0.15, -0.1) is 20.4 Å². The molecule has 0 radical (unpaired) electrons. The Kier molecular flexibility index (Phi) is 6.73. The van der Waals surface area contributed by atoms with E-state index < -0.39 is 0 Å². The summed E-state index contributed by atoms with van der Waals surface area (Å²) in [5.41, 5.74) is 1.71. The molecule has 7 nitrogen and oxygen atoms in total. The normalized spacial score (nSPS) is 16.4. The van der Waals surface area contributed by atoms with Gasteiger partial charge in [0.25, 0.3) is 0 Å². The fourth-order valence-electron chi connectivity index (χ4n) is 4.23. The second-order valence-electron chi connectivity index (χ2n) is 8.50. The Morgan fingerprint density at radius 1 is 0.882 bits per heavy atom. The van der Waals surface area contributed by atoms with Crippen molar-refractivity contribution in [1.29, 1.82) is 0 Å². The van der Waals surface area contributed by atoms with E-state index in [2.05, 4.69) is 32.2 Å². The zero-order chi connectivity index (χ0) is 23.5. The summed E-state index contributed by atoms with van der Waals surface area (Å²) < 4.78 is 21.6. The van der Waals surface area contributed by atoms with E-state index in [0.29, 0.717) is 16.9 Å². The van der Waals surface area contributed by atoms with E-state index in [-0.39, 0.29) is 17.1 Å². The molecule has 0 bridgehead atoms. The third kappa shape index (κ3) is 4.76. The molecule has 0 aliphatic carbocycles. The van der Waals surface area contributed by atoms with Crippen LogP contribution in [0.5, 0.6) is 0 Å². The number of nitrogens with zero attached hydrogens (tertiary/aromatic N) is 6. The van der Waals surface area contributed by atoms with Crippen LogP contribution in [0.1, 0.15) is 56.1 Å². The van der Waals surface area contributed by atoms with Crippen LogP contribution in [0, 0.1) is 5.82 Å². The molecule has 2 aromatic heterocycles. The molecule has 5 rings (SSSR count). The summed E-state index contributed by atoms with van der Waals surface area (Å²) in [6, 6.07) is 16.3. The Balaban J connectivity index is 1.44. The number of aromatic nitrogens is 5. The van der Waals surface area contributed by atoms with Crippen molar-refractivity contribution in [3.63, 3.8) is 0 Å². The summed E-state index contributed by atoms with van der Waals surface area (Å²) in [4.78, 5) is 2.44. The van der Waals surface area contributed by atoms with E-state index in [1.54, 1.807) is 12.1 Å². The minimum Gasteiger partial charge on any atom is -0.419 e. The van der Waals surface area contributed by atoms with E-state index in [9.17, 15) is 4.39 Å². The fourth-order valence-corrected chi connectivity index (χ4v) is 5.14. The molecular formula is C25H27FN6OS. The average molecular weight is 479 g/mol. The first-order valence-electron chi connectivity index (χ1n) is 11.6. The SMILES string of the molecule is C[C@H](c1nnc(S[C@H](C)c2nnc(-c3ccccc3)o2)n1-c1ccc(F)cc1)N1CCCCC1. The zero-order valence-electron chi connectivity index (χ0n) is 19.3. The predicted octanol–water partition coefficient (Wildman–Crippen LogP) is 5.86. The van der Waals surface area contributed by atoms with Crippen molar-refractivity contribution in [2.45, 2.75) is 49.6 Å². The number of hydrogen-bond donors (Lipinski definition) is 0. The topological polar surface area (TPSA) is 72.9 Å². The van der Waals surface area contributed by atoms with Crippen LogP contribution in [-0.4, -0.2) is 43.0 Å². The zero-order valence-corrected chi connectivity index (χ0v) is 20.1. The number of likely N-dealkylation sites (tertiary alicyclic amines) is 1. The standard InChI is InChI=1S/C25H27FN6OS/c1-17(31-15-7-4-8-16-31)22-27-30-25(32(22)21-13-11-20(26)12-14-21)34-18(2)23-28-29-24(33-23)19-9-5-3-6-10-19/h3,5-6,9-14,17-18H,4,7-8,15-16H2,1-2H3/t17-,18-/m1/s1. The number of thioether (sulfide) groups is 1. The third-order valence-corrected chi connectivity index (χ3v) is 7.18. The maximum Gasteiger partial charge on any atom is 0.247 e. The van der Waals surface area contributed by atoms with Crippen molar-refractivity contribution >= 4 is 11.8 Å². The summed E-state index contributed by atoms with van der Waals surface area (Å²) in [5.74, 6) is 1.58. The number of benzene rings is 2. The second kappa shape index (κ2) is 10.1. The Bertz CT molecular complexity index is 1220. The molecule has 1 aliphatic rings. The van der Waals surface area contributed by atoms with Gasteiger partial charge in [-0.1, -0.05) is 36.4 Å². The summed E-state index contributed by atoms with van der Waals surface area (Å²) in [6.45, 7) is 6.25. The summed E-state index contributed by atoms with van der Waals surface area (Å²) in [6.07, 6.45) is 3.64. The molecule has 3 heterocycles. The highest BCUT2D eigenvalue weighted by Crippen LogP contribution is 2.37. The first kappa shape index (κ1) is 22.7. The smallest absolute Gasteiger partial charge is 0.247 e. The summed E-state index contributed by atoms with van der Waals surface area (Å²) >= 11 is 1.50. The molecule has 34 heavy (non-hydrogen) atoms. The van der Waals surface area contributed by atoms with Crippen molar-refractivity contribution in [2.24, 2.45) is 0 Å². The highest BCUT2D eigenvalue weighted by molar-refractivity contribution is 7.99. The van der Waals surface area contributed by atoms with Gasteiger partial charge in [0.15, 0.2) is 11.0 Å². The van der Waals surface area contributed by atoms with Crippen LogP contribution >= 0.6 is 11.8 Å². The Hall–Kier alpha value is -3.04. The van der Waals surface area contributed by atoms with Gasteiger partial charge >= 0.3 is 0 Å². The number of piperidine rings is 1. The molecular weight excluding hydrogens is 451 g/mol. The summed E-state index contributed by atoms with van der Waals surface area (Å²) in [5, 5.41) is 18.1. The quantitative estimate of drug-likeness (QED) is 0.308. The molecule has 176 valence electrons. The van der Waals surface area contributed by atoms with Crippen LogP contribution in [0.2, 0.25) is 0 Å². The van der Waals surface area contributed by atoms with Crippen LogP contribution in [0.4, 0.5) is 4.39 Å². The van der Waals surface area contributed by atoms with Gasteiger partial charge in [0.2, 0.25) is 11.8 Å². The van der Waals surface area contributed by atoms with Gasteiger partial charge in [-0.05, 0) is 76.2 Å². The number of halogens is 1. The largest absolute Gasteiger partial charge is 0.419 e. The maximum absolute atomic E-state index is 13.7. The molecule has 0 N–H and O–H groups in total. The minimum absolute atomic E-state index is 0.0931. The lowest BCUT2D eigenvalue weighted by molar-refractivity contribution is 0.167. The molecule has 0 spiro atoms. The molecule has 0 amide bonds. The van der Waals surface area contributed by atoms with E-state index in [0.717, 1.165) is 30.2 Å². The molecule has 2 aromatic carbocycles. The van der Waals surface area contributed by atoms with Crippen LogP contribution < -0.4 is 0 Å². The minimum atomic E-state index is -0.274. The van der Waals surface area contributed by atoms with Crippen LogP contribution in [0.3, 0.4) is 0 Å². The first-order valence-corrected chi connectivity index (χ1v) is 12.5. The van der Waals surface area contributed by atoms with Gasteiger partial charge in [-0.3, -0.25) is 9.47 Å². The van der Waals surface area contributed by atoms with Gasteiger partial charge in [0.1, 0.15) is 5.82 Å². The van der Waals surface area contributed by atoms with Gasteiger partial charge < -0.3 is 4.42 Å². The molecule has 1 saturated heterocycles. The molecule has 9 heteroatoms. The van der Waals surface area contributed by atoms with Crippen molar-refractivity contribution in [1.82, 2.24) is 29.9 Å². The molecule has 2 atom stereocenters. The monoisotopic (exact) mass is 478 g/mol.